The topological polar surface area (TPSA) is 100 Å². The number of hydrogen-bond acceptors (Lipinski definition) is 7. The Morgan fingerprint density at radius 3 is 2.59 bits per heavy atom. The van der Waals surface area contributed by atoms with Gasteiger partial charge in [-0.1, -0.05) is 18.2 Å². The van der Waals surface area contributed by atoms with Gasteiger partial charge in [0, 0.05) is 11.9 Å². The molecule has 0 aromatic heterocycles. The van der Waals surface area contributed by atoms with Gasteiger partial charge in [-0.05, 0) is 41.8 Å². The number of rotatable bonds is 8. The summed E-state index contributed by atoms with van der Waals surface area (Å²) in [6.45, 7) is 0.0519. The maximum atomic E-state index is 13.2. The fraction of sp³-hybridized carbons (Fsp3) is 0.300. The summed E-state index contributed by atoms with van der Waals surface area (Å²) in [7, 11) is 3.27. The average Bonchev–Trinajstić information content (AvgIpc) is 2.75. The number of hydroxylamine groups is 2. The minimum absolute atomic E-state index is 0.186. The molecule has 154 valence electrons. The Kier molecular flexibility index (Phi) is 7.10. The molecular weight excluding hydrogens is 394 g/mol. The minimum atomic E-state index is -0.656. The Hall–Kier alpha value is -2.59. The molecule has 0 saturated heterocycles. The molecule has 0 aliphatic carbocycles. The number of carbonyl (C=O) groups excluding carboxylic acids is 2. The van der Waals surface area contributed by atoms with E-state index in [9.17, 15) is 9.59 Å². The van der Waals surface area contributed by atoms with Crippen molar-refractivity contribution in [2.75, 3.05) is 25.6 Å². The van der Waals surface area contributed by atoms with Crippen LogP contribution in [0.4, 0.5) is 5.69 Å². The fourth-order valence-corrected chi connectivity index (χ4v) is 4.31. The van der Waals surface area contributed by atoms with Crippen LogP contribution < -0.4 is 20.6 Å². The van der Waals surface area contributed by atoms with Crippen molar-refractivity contribution in [3.63, 3.8) is 0 Å². The maximum absolute atomic E-state index is 13.2. The summed E-state index contributed by atoms with van der Waals surface area (Å²) in [5, 5.41) is 8.55. The lowest BCUT2D eigenvalue weighted by molar-refractivity contribution is -0.129. The number of hydrogen-bond donors (Lipinski definition) is 3. The van der Waals surface area contributed by atoms with Crippen LogP contribution in [0.3, 0.4) is 0 Å². The minimum Gasteiger partial charge on any atom is -0.497 e. The predicted octanol–water partition coefficient (Wildman–Crippen LogP) is 1.90. The van der Waals surface area contributed by atoms with Crippen LogP contribution in [0.5, 0.6) is 5.75 Å². The molecule has 29 heavy (non-hydrogen) atoms. The van der Waals surface area contributed by atoms with Crippen LogP contribution in [0.2, 0.25) is 0 Å². The first kappa shape index (κ1) is 21.1. The molecular formula is C20H23N3O5S. The lowest BCUT2D eigenvalue weighted by atomic mass is 10.1. The average molecular weight is 417 g/mol. The van der Waals surface area contributed by atoms with Gasteiger partial charge in [0.1, 0.15) is 12.3 Å². The first-order valence-corrected chi connectivity index (χ1v) is 9.89. The van der Waals surface area contributed by atoms with Crippen molar-refractivity contribution >= 4 is 29.3 Å². The van der Waals surface area contributed by atoms with E-state index in [1.165, 1.54) is 16.7 Å². The third-order valence-corrected chi connectivity index (χ3v) is 5.77. The van der Waals surface area contributed by atoms with Crippen LogP contribution in [0.25, 0.3) is 0 Å². The second-order valence-corrected chi connectivity index (χ2v) is 7.66. The molecule has 0 fully saturated rings. The zero-order valence-electron chi connectivity index (χ0n) is 16.2. The van der Waals surface area contributed by atoms with Gasteiger partial charge in [-0.3, -0.25) is 19.6 Å². The van der Waals surface area contributed by atoms with E-state index in [-0.39, 0.29) is 17.7 Å². The van der Waals surface area contributed by atoms with Gasteiger partial charge < -0.3 is 9.64 Å². The summed E-state index contributed by atoms with van der Waals surface area (Å²) in [6.07, 6.45) is 0.509. The zero-order valence-corrected chi connectivity index (χ0v) is 17.0. The number of amides is 2. The zero-order chi connectivity index (χ0) is 20.8. The van der Waals surface area contributed by atoms with Crippen LogP contribution in [-0.2, 0) is 27.5 Å². The van der Waals surface area contributed by atoms with Gasteiger partial charge in [0.15, 0.2) is 0 Å². The summed E-state index contributed by atoms with van der Waals surface area (Å²) in [5.41, 5.74) is 6.69. The fourth-order valence-electron chi connectivity index (χ4n) is 3.06. The van der Waals surface area contributed by atoms with Gasteiger partial charge in [0.25, 0.3) is 5.91 Å². The Labute approximate surface area is 173 Å². The van der Waals surface area contributed by atoms with Gasteiger partial charge in [-0.25, -0.2) is 11.0 Å². The van der Waals surface area contributed by atoms with Crippen molar-refractivity contribution in [3.05, 3.63) is 53.6 Å². The van der Waals surface area contributed by atoms with E-state index in [2.05, 4.69) is 5.48 Å². The molecule has 0 spiro atoms. The largest absolute Gasteiger partial charge is 0.497 e. The predicted molar refractivity (Wildman–Crippen MR) is 109 cm³/mol. The number of nitrogens with zero attached hydrogens (tertiary/aromatic N) is 1. The van der Waals surface area contributed by atoms with Gasteiger partial charge in [0.2, 0.25) is 5.91 Å². The second kappa shape index (κ2) is 9.75. The van der Waals surface area contributed by atoms with Crippen LogP contribution in [-0.4, -0.2) is 43.0 Å². The van der Waals surface area contributed by atoms with Crippen LogP contribution >= 0.6 is 11.8 Å². The molecule has 0 bridgehead atoms. The van der Waals surface area contributed by atoms with E-state index in [1.807, 2.05) is 42.5 Å². The molecule has 0 saturated carbocycles. The molecule has 2 aromatic carbocycles. The van der Waals surface area contributed by atoms with Crippen molar-refractivity contribution in [3.8, 4) is 5.75 Å². The Bertz CT molecular complexity index is 875. The standard InChI is InChI=1S/C20H23N3O5S/c1-21-28-12-14-5-8-17-16(9-14)23(11-19(24)22-26)20(25)18(29-17)10-13-3-6-15(27-2)7-4-13/h3-9,18,21,26H,10-12H2,1-2H3,(H,22,24). The monoisotopic (exact) mass is 417 g/mol. The third-order valence-electron chi connectivity index (χ3n) is 4.51. The molecule has 0 radical (unpaired) electrons. The van der Waals surface area contributed by atoms with Crippen LogP contribution in [0.1, 0.15) is 11.1 Å². The molecule has 1 atom stereocenters. The van der Waals surface area contributed by atoms with Gasteiger partial charge in [-0.2, -0.15) is 0 Å². The van der Waals surface area contributed by atoms with E-state index in [0.29, 0.717) is 18.7 Å². The lowest BCUT2D eigenvalue weighted by Gasteiger charge is -2.33. The molecule has 9 heteroatoms. The van der Waals surface area contributed by atoms with Crippen molar-refractivity contribution < 1.29 is 24.4 Å². The molecule has 1 unspecified atom stereocenters. The summed E-state index contributed by atoms with van der Waals surface area (Å²) < 4.78 is 5.18. The number of benzene rings is 2. The smallest absolute Gasteiger partial charge is 0.263 e. The number of carbonyl (C=O) groups is 2. The summed E-state index contributed by atoms with van der Waals surface area (Å²) in [6, 6.07) is 13.2. The van der Waals surface area contributed by atoms with E-state index in [1.54, 1.807) is 19.6 Å². The number of thioether (sulfide) groups is 1. The number of anilines is 1. The Morgan fingerprint density at radius 1 is 1.21 bits per heavy atom. The van der Waals surface area contributed by atoms with Crippen LogP contribution in [0, 0.1) is 0 Å². The highest BCUT2D eigenvalue weighted by Crippen LogP contribution is 2.41. The van der Waals surface area contributed by atoms with Crippen molar-refractivity contribution in [2.45, 2.75) is 23.2 Å². The van der Waals surface area contributed by atoms with Crippen molar-refractivity contribution in [1.29, 1.82) is 0 Å². The quantitative estimate of drug-likeness (QED) is 0.446. The molecule has 2 amide bonds. The molecule has 3 N–H and O–H groups in total. The van der Waals surface area contributed by atoms with Gasteiger partial charge >= 0.3 is 0 Å². The van der Waals surface area contributed by atoms with E-state index < -0.39 is 5.91 Å². The maximum Gasteiger partial charge on any atom is 0.263 e. The molecule has 2 aromatic rings. The highest BCUT2D eigenvalue weighted by Gasteiger charge is 2.34. The molecule has 1 heterocycles. The Morgan fingerprint density at radius 2 is 1.93 bits per heavy atom. The normalized spacial score (nSPS) is 15.8. The first-order valence-electron chi connectivity index (χ1n) is 9.01. The van der Waals surface area contributed by atoms with Crippen molar-refractivity contribution in [1.82, 2.24) is 11.0 Å². The van der Waals surface area contributed by atoms with Gasteiger partial charge in [-0.15, -0.1) is 11.8 Å². The van der Waals surface area contributed by atoms with Crippen LogP contribution in [0.15, 0.2) is 47.4 Å². The highest BCUT2D eigenvalue weighted by atomic mass is 32.2. The van der Waals surface area contributed by atoms with Crippen molar-refractivity contribution in [2.24, 2.45) is 0 Å². The van der Waals surface area contributed by atoms with E-state index in [0.717, 1.165) is 21.8 Å². The third kappa shape index (κ3) is 5.07. The lowest BCUT2D eigenvalue weighted by Crippen LogP contribution is -2.46. The summed E-state index contributed by atoms with van der Waals surface area (Å²) in [5.74, 6) is -0.0934. The number of nitrogens with one attached hydrogen (secondary N) is 2. The molecule has 1 aliphatic heterocycles. The number of fused-ring (bicyclic) bond motifs is 1. The second-order valence-electron chi connectivity index (χ2n) is 6.41. The summed E-state index contributed by atoms with van der Waals surface area (Å²) in [4.78, 5) is 32.5. The first-order chi connectivity index (χ1) is 14.0. The molecule has 1 aliphatic rings. The number of ether oxygens (including phenoxy) is 1. The van der Waals surface area contributed by atoms with Gasteiger partial charge in [0.05, 0.1) is 24.7 Å². The Balaban J connectivity index is 1.87. The summed E-state index contributed by atoms with van der Waals surface area (Å²) >= 11 is 1.47. The highest BCUT2D eigenvalue weighted by molar-refractivity contribution is 8.01. The molecule has 8 nitrogen and oxygen atoms in total. The SMILES string of the molecule is CNOCc1ccc2c(c1)N(CC(=O)NO)C(=O)C(Cc1ccc(OC)cc1)S2. The molecule has 3 rings (SSSR count). The van der Waals surface area contributed by atoms with E-state index in [4.69, 9.17) is 14.8 Å². The number of methoxy groups -OCH3 is 1. The van der Waals surface area contributed by atoms with E-state index >= 15 is 0 Å².